The monoisotopic (exact) mass is 52.0 g/mol. The Balaban J connectivity index is 2.80. The van der Waals surface area contributed by atoms with E-state index in [0.29, 0.717) is 0 Å². The summed E-state index contributed by atoms with van der Waals surface area (Å²) in [4.78, 5) is 9.00. The van der Waals surface area contributed by atoms with Gasteiger partial charge in [0.1, 0.15) is 0 Å². The van der Waals surface area contributed by atoms with Crippen LogP contribution < -0.4 is 0 Å². The van der Waals surface area contributed by atoms with Gasteiger partial charge >= 0.3 is 32.3 Å². The Morgan fingerprint density at radius 3 is 2.00 bits per heavy atom. The van der Waals surface area contributed by atoms with Crippen molar-refractivity contribution in [2.24, 2.45) is 0 Å². The van der Waals surface area contributed by atoms with Crippen LogP contribution in [0.25, 0.3) is 0 Å². The van der Waals surface area contributed by atoms with Gasteiger partial charge in [-0.2, -0.15) is 0 Å². The maximum atomic E-state index is 9.00. The van der Waals surface area contributed by atoms with Crippen LogP contribution in [0.3, 0.4) is 0 Å². The Bertz CT molecular complexity index is 29.0. The summed E-state index contributed by atoms with van der Waals surface area (Å²) < 4.78 is -0.833. The number of rotatable bonds is 0. The van der Waals surface area contributed by atoms with Gasteiger partial charge in [-0.05, 0) is 0 Å². The molecule has 0 saturated carbocycles. The van der Waals surface area contributed by atoms with E-state index in [1.165, 1.54) is 0 Å². The quantitative estimate of drug-likeness (QED) is 0.388. The minimum atomic E-state index is -0.833. The average Bonchev–Trinajstić information content (AvgIpc) is 0.811. The fourth-order valence-corrected chi connectivity index (χ4v) is 0. The van der Waals surface area contributed by atoms with E-state index < -0.39 is 4.64 Å². The van der Waals surface area contributed by atoms with Gasteiger partial charge < -0.3 is 0 Å². The second kappa shape index (κ2) is 1.39. The van der Waals surface area contributed by atoms with Gasteiger partial charge in [0.05, 0.1) is 0 Å². The molecular formula is CHLiO2. The molecule has 0 radical (unpaired) electrons. The summed E-state index contributed by atoms with van der Waals surface area (Å²) in [5.41, 5.74) is 0. The first-order valence-electron chi connectivity index (χ1n) is 0.928. The molecule has 3 heteroatoms. The normalized spacial score (nSPS) is 6.50. The van der Waals surface area contributed by atoms with Crippen LogP contribution in [0, 0.1) is 0 Å². The third-order valence-electron chi connectivity index (χ3n) is 0. The second-order valence-electron chi connectivity index (χ2n) is 0.519. The Kier molecular flexibility index (Phi) is 1.42. The van der Waals surface area contributed by atoms with Gasteiger partial charge in [-0.1, -0.05) is 0 Å². The van der Waals surface area contributed by atoms with E-state index in [9.17, 15) is 0 Å². The van der Waals surface area contributed by atoms with Crippen molar-refractivity contribution in [2.45, 2.75) is 0 Å². The zero-order valence-corrected chi connectivity index (χ0v) is 2.36. The number of carboxylic acid groups (broad SMARTS) is 1. The fourth-order valence-electron chi connectivity index (χ4n) is 0. The summed E-state index contributed by atoms with van der Waals surface area (Å²) in [5, 5.41) is 7.42. The molecule has 2 nitrogen and oxygen atoms in total. The molecule has 0 unspecified atom stereocenters. The predicted octanol–water partition coefficient (Wildman–Crippen LogP) is -0.167. The fraction of sp³-hybridized carbons (Fsp3) is 0. The summed E-state index contributed by atoms with van der Waals surface area (Å²) in [6.45, 7) is 0. The first kappa shape index (κ1) is 4.07. The van der Waals surface area contributed by atoms with Crippen LogP contribution >= 0.6 is 0 Å². The summed E-state index contributed by atoms with van der Waals surface area (Å²) in [6.07, 6.45) is 0. The molecule has 0 aliphatic heterocycles. The van der Waals surface area contributed by atoms with Crippen LogP contribution in [0.2, 0.25) is 0 Å². The van der Waals surface area contributed by atoms with Gasteiger partial charge in [0, 0.05) is 0 Å². The van der Waals surface area contributed by atoms with Crippen LogP contribution in [0.4, 0.5) is 4.79 Å². The van der Waals surface area contributed by atoms with E-state index >= 15 is 0 Å². The van der Waals surface area contributed by atoms with Crippen LogP contribution in [-0.2, 0) is 0 Å². The van der Waals surface area contributed by atoms with Crippen molar-refractivity contribution in [3.8, 4) is 0 Å². The molecule has 0 aromatic carbocycles. The standard InChI is InChI=1S/CHO2.Li/c2-1-3;/h(H,2,3);. The van der Waals surface area contributed by atoms with Gasteiger partial charge in [0.15, 0.2) is 0 Å². The summed E-state index contributed by atoms with van der Waals surface area (Å²) >= 11 is 1.08. The molecule has 0 bridgehead atoms. The van der Waals surface area contributed by atoms with Crippen molar-refractivity contribution in [2.75, 3.05) is 0 Å². The number of hydrogen-bond donors (Lipinski definition) is 1. The zero-order valence-electron chi connectivity index (χ0n) is 2.36. The van der Waals surface area contributed by atoms with Crippen LogP contribution in [0.5, 0.6) is 0 Å². The third kappa shape index (κ3) is 518. The topological polar surface area (TPSA) is 37.3 Å². The average molecular weight is 52.0 g/mol. The van der Waals surface area contributed by atoms with E-state index in [0.717, 1.165) is 17.7 Å². The van der Waals surface area contributed by atoms with Gasteiger partial charge in [0.25, 0.3) is 0 Å². The molecule has 0 aromatic heterocycles. The van der Waals surface area contributed by atoms with Crippen molar-refractivity contribution in [3.63, 3.8) is 0 Å². The first-order valence-corrected chi connectivity index (χ1v) is 0.928. The maximum absolute atomic E-state index is 9.00. The van der Waals surface area contributed by atoms with Crippen molar-refractivity contribution in [3.05, 3.63) is 0 Å². The van der Waals surface area contributed by atoms with Gasteiger partial charge in [-0.3, -0.25) is 0 Å². The molecule has 0 spiro atoms. The van der Waals surface area contributed by atoms with Crippen molar-refractivity contribution < 1.29 is 9.90 Å². The third-order valence-corrected chi connectivity index (χ3v) is 0. The summed E-state index contributed by atoms with van der Waals surface area (Å²) in [7, 11) is 0. The molecule has 0 amide bonds. The van der Waals surface area contributed by atoms with Crippen LogP contribution in [-0.4, -0.2) is 27.5 Å². The van der Waals surface area contributed by atoms with Crippen LogP contribution in [0.15, 0.2) is 0 Å². The van der Waals surface area contributed by atoms with Gasteiger partial charge in [-0.25, -0.2) is 0 Å². The molecule has 4 heavy (non-hydrogen) atoms. The molecule has 0 saturated heterocycles. The van der Waals surface area contributed by atoms with Gasteiger partial charge in [0.2, 0.25) is 0 Å². The molecule has 18 valence electrons. The summed E-state index contributed by atoms with van der Waals surface area (Å²) in [6, 6.07) is 0. The molecule has 0 atom stereocenters. The van der Waals surface area contributed by atoms with E-state index in [1.807, 2.05) is 0 Å². The van der Waals surface area contributed by atoms with Gasteiger partial charge in [-0.15, -0.1) is 0 Å². The minimum absolute atomic E-state index is 0.833. The first-order chi connectivity index (χ1) is 1.73. The molecule has 0 aliphatic rings. The Labute approximate surface area is 33.0 Å². The molecule has 0 rings (SSSR count). The Morgan fingerprint density at radius 2 is 2.00 bits per heavy atom. The van der Waals surface area contributed by atoms with Crippen molar-refractivity contribution >= 4 is 22.4 Å². The van der Waals surface area contributed by atoms with Crippen molar-refractivity contribution in [1.29, 1.82) is 0 Å². The molecule has 1 N–H and O–H groups in total. The SMILES string of the molecule is [Li][C](=O)O. The van der Waals surface area contributed by atoms with E-state index in [2.05, 4.69) is 0 Å². The molecular weight excluding hydrogens is 51.0 g/mol. The molecule has 0 fully saturated rings. The predicted molar refractivity (Wildman–Crippen MR) is 13.8 cm³/mol. The molecule has 0 aliphatic carbocycles. The Morgan fingerprint density at radius 1 is 2.00 bits per heavy atom. The number of hydrogen-bond acceptors (Lipinski definition) is 1. The van der Waals surface area contributed by atoms with E-state index in [4.69, 9.17) is 9.90 Å². The number of carbonyl (C=O) groups is 1. The molecule has 0 aromatic rings. The Hall–Kier alpha value is 0.0674. The second-order valence-corrected chi connectivity index (χ2v) is 0.519. The van der Waals surface area contributed by atoms with E-state index in [1.54, 1.807) is 0 Å². The van der Waals surface area contributed by atoms with Crippen LogP contribution in [0.1, 0.15) is 0 Å². The van der Waals surface area contributed by atoms with E-state index in [-0.39, 0.29) is 0 Å². The summed E-state index contributed by atoms with van der Waals surface area (Å²) in [5.74, 6) is 0. The zero-order chi connectivity index (χ0) is 3.58. The molecule has 0 heterocycles. The van der Waals surface area contributed by atoms with Crippen molar-refractivity contribution in [1.82, 2.24) is 0 Å².